The molecule has 4 nitrogen and oxygen atoms in total. The Hall–Kier alpha value is -1.66. The highest BCUT2D eigenvalue weighted by molar-refractivity contribution is 9.10. The van der Waals surface area contributed by atoms with E-state index < -0.39 is 11.7 Å². The summed E-state index contributed by atoms with van der Waals surface area (Å²) in [6.45, 7) is 0. The fourth-order valence-electron chi connectivity index (χ4n) is 1.77. The molecule has 1 heterocycles. The summed E-state index contributed by atoms with van der Waals surface area (Å²) in [5.41, 5.74) is 1.38. The van der Waals surface area contributed by atoms with Crippen LogP contribution in [0.25, 0.3) is 0 Å². The third kappa shape index (κ3) is 3.71. The van der Waals surface area contributed by atoms with Crippen LogP contribution in [0.3, 0.4) is 0 Å². The van der Waals surface area contributed by atoms with Crippen molar-refractivity contribution in [3.63, 3.8) is 0 Å². The minimum Gasteiger partial charge on any atom is -0.376 e. The molecule has 0 spiro atoms. The summed E-state index contributed by atoms with van der Waals surface area (Å²) in [5, 5.41) is 2.67. The number of hydrogen-bond acceptors (Lipinski definition) is 3. The molecule has 1 amide bonds. The highest BCUT2D eigenvalue weighted by Crippen LogP contribution is 2.29. The van der Waals surface area contributed by atoms with E-state index in [1.54, 1.807) is 6.07 Å². The minimum absolute atomic E-state index is 0.0126. The molecule has 0 saturated carbocycles. The molecule has 1 aromatic heterocycles. The molecule has 0 bridgehead atoms. The zero-order valence-corrected chi connectivity index (χ0v) is 13.7. The number of halogens is 3. The Kier molecular flexibility index (Phi) is 4.80. The monoisotopic (exact) mass is 371 g/mol. The average Bonchev–Trinajstić information content (AvgIpc) is 2.41. The van der Waals surface area contributed by atoms with Crippen LogP contribution < -0.4 is 10.2 Å². The maximum atomic E-state index is 13.2. The minimum atomic E-state index is -0.619. The number of carbonyl (C=O) groups is 1. The van der Waals surface area contributed by atoms with Crippen LogP contribution >= 0.6 is 27.5 Å². The largest absolute Gasteiger partial charge is 0.376 e. The van der Waals surface area contributed by atoms with Crippen molar-refractivity contribution in [1.29, 1.82) is 0 Å². The summed E-state index contributed by atoms with van der Waals surface area (Å²) >= 11 is 9.18. The normalized spacial score (nSPS) is 10.3. The molecule has 0 aliphatic rings. The molecule has 0 fully saturated rings. The molecule has 110 valence electrons. The topological polar surface area (TPSA) is 45.2 Å². The number of benzene rings is 1. The molecule has 2 aromatic rings. The van der Waals surface area contributed by atoms with Crippen molar-refractivity contribution in [2.75, 3.05) is 24.3 Å². The number of pyridine rings is 1. The Balaban J connectivity index is 2.35. The maximum absolute atomic E-state index is 13.2. The van der Waals surface area contributed by atoms with Gasteiger partial charge in [0.15, 0.2) is 0 Å². The van der Waals surface area contributed by atoms with Crippen LogP contribution in [-0.2, 0) is 0 Å². The number of nitrogens with zero attached hydrogens (tertiary/aromatic N) is 2. The molecule has 0 atom stereocenters. The van der Waals surface area contributed by atoms with E-state index >= 15 is 0 Å². The molecule has 7 heteroatoms. The first-order valence-corrected chi connectivity index (χ1v) is 7.15. The van der Waals surface area contributed by atoms with Gasteiger partial charge in [-0.1, -0.05) is 27.5 Å². The Morgan fingerprint density at radius 3 is 2.76 bits per heavy atom. The number of aromatic nitrogens is 1. The van der Waals surface area contributed by atoms with Crippen molar-refractivity contribution in [2.45, 2.75) is 0 Å². The highest BCUT2D eigenvalue weighted by Gasteiger charge is 2.15. The van der Waals surface area contributed by atoms with Crippen molar-refractivity contribution in [2.24, 2.45) is 0 Å². The molecule has 0 saturated heterocycles. The number of anilines is 2. The molecule has 1 aromatic carbocycles. The Labute approximate surface area is 135 Å². The van der Waals surface area contributed by atoms with Gasteiger partial charge in [0.1, 0.15) is 11.0 Å². The molecular formula is C14H12BrClFN3O. The van der Waals surface area contributed by atoms with E-state index in [-0.39, 0.29) is 10.7 Å². The van der Waals surface area contributed by atoms with Crippen LogP contribution in [0.15, 0.2) is 34.9 Å². The molecule has 21 heavy (non-hydrogen) atoms. The van der Waals surface area contributed by atoms with E-state index in [4.69, 9.17) is 11.6 Å². The van der Waals surface area contributed by atoms with Gasteiger partial charge in [-0.25, -0.2) is 9.37 Å². The number of rotatable bonds is 3. The lowest BCUT2D eigenvalue weighted by Gasteiger charge is -2.18. The summed E-state index contributed by atoms with van der Waals surface area (Å²) in [5.74, 6) is -1.14. The lowest BCUT2D eigenvalue weighted by atomic mass is 10.2. The van der Waals surface area contributed by atoms with E-state index in [0.717, 1.165) is 22.4 Å². The first-order chi connectivity index (χ1) is 9.88. The molecular weight excluding hydrogens is 361 g/mol. The van der Waals surface area contributed by atoms with Crippen molar-refractivity contribution in [3.8, 4) is 0 Å². The zero-order valence-electron chi connectivity index (χ0n) is 11.3. The van der Waals surface area contributed by atoms with Gasteiger partial charge < -0.3 is 10.2 Å². The predicted octanol–water partition coefficient (Wildman–Crippen LogP) is 3.95. The van der Waals surface area contributed by atoms with Gasteiger partial charge in [-0.3, -0.25) is 4.79 Å². The third-order valence-corrected chi connectivity index (χ3v) is 3.53. The SMILES string of the molecule is CN(C)c1ccc(Br)cc1NC(=O)c1cc(F)cnc1Cl. The predicted molar refractivity (Wildman–Crippen MR) is 85.6 cm³/mol. The molecule has 1 N–H and O–H groups in total. The second-order valence-corrected chi connectivity index (χ2v) is 5.78. The summed E-state index contributed by atoms with van der Waals surface area (Å²) < 4.78 is 14.0. The molecule has 0 aliphatic heterocycles. The van der Waals surface area contributed by atoms with Crippen molar-refractivity contribution in [1.82, 2.24) is 4.98 Å². The molecule has 2 rings (SSSR count). The van der Waals surface area contributed by atoms with E-state index in [0.29, 0.717) is 5.69 Å². The fraction of sp³-hybridized carbons (Fsp3) is 0.143. The number of amides is 1. The summed E-state index contributed by atoms with van der Waals surface area (Å²) in [6.07, 6.45) is 0.962. The standard InChI is InChI=1S/C14H12BrClFN3O/c1-20(2)12-4-3-8(15)5-11(12)19-14(21)10-6-9(17)7-18-13(10)16/h3-7H,1-2H3,(H,19,21). The van der Waals surface area contributed by atoms with E-state index in [9.17, 15) is 9.18 Å². The summed E-state index contributed by atoms with van der Waals surface area (Å²) in [4.78, 5) is 17.7. The summed E-state index contributed by atoms with van der Waals surface area (Å²) in [6, 6.07) is 6.53. The first kappa shape index (κ1) is 15.7. The lowest BCUT2D eigenvalue weighted by molar-refractivity contribution is 0.102. The third-order valence-electron chi connectivity index (χ3n) is 2.74. The fourth-order valence-corrected chi connectivity index (χ4v) is 2.32. The second-order valence-electron chi connectivity index (χ2n) is 4.50. The van der Waals surface area contributed by atoms with Crippen LogP contribution in [0, 0.1) is 5.82 Å². The van der Waals surface area contributed by atoms with Gasteiger partial charge >= 0.3 is 0 Å². The Morgan fingerprint density at radius 1 is 1.38 bits per heavy atom. The van der Waals surface area contributed by atoms with Gasteiger partial charge in [0.2, 0.25) is 0 Å². The van der Waals surface area contributed by atoms with Crippen molar-refractivity contribution < 1.29 is 9.18 Å². The van der Waals surface area contributed by atoms with E-state index in [1.165, 1.54) is 0 Å². The van der Waals surface area contributed by atoms with E-state index in [2.05, 4.69) is 26.2 Å². The highest BCUT2D eigenvalue weighted by atomic mass is 79.9. The number of hydrogen-bond donors (Lipinski definition) is 1. The molecule has 0 unspecified atom stereocenters. The summed E-state index contributed by atoms with van der Waals surface area (Å²) in [7, 11) is 3.71. The van der Waals surface area contributed by atoms with E-state index in [1.807, 2.05) is 31.1 Å². The maximum Gasteiger partial charge on any atom is 0.258 e. The van der Waals surface area contributed by atoms with Crippen LogP contribution in [0.4, 0.5) is 15.8 Å². The van der Waals surface area contributed by atoms with Gasteiger partial charge in [-0.2, -0.15) is 0 Å². The first-order valence-electron chi connectivity index (χ1n) is 5.97. The van der Waals surface area contributed by atoms with Crippen LogP contribution in [-0.4, -0.2) is 25.0 Å². The number of nitrogens with one attached hydrogen (secondary N) is 1. The molecule has 0 radical (unpaired) electrons. The van der Waals surface area contributed by atoms with Crippen LogP contribution in [0.5, 0.6) is 0 Å². The van der Waals surface area contributed by atoms with Gasteiger partial charge in [-0.05, 0) is 24.3 Å². The quantitative estimate of drug-likeness (QED) is 0.830. The second kappa shape index (κ2) is 6.41. The lowest BCUT2D eigenvalue weighted by Crippen LogP contribution is -2.17. The Bertz CT molecular complexity index is 694. The number of carbonyl (C=O) groups excluding carboxylic acids is 1. The molecule has 0 aliphatic carbocycles. The van der Waals surface area contributed by atoms with Gasteiger partial charge in [-0.15, -0.1) is 0 Å². The van der Waals surface area contributed by atoms with Gasteiger partial charge in [0.25, 0.3) is 5.91 Å². The van der Waals surface area contributed by atoms with Gasteiger partial charge in [0.05, 0.1) is 23.1 Å². The Morgan fingerprint density at radius 2 is 2.10 bits per heavy atom. The average molecular weight is 373 g/mol. The van der Waals surface area contributed by atoms with Crippen molar-refractivity contribution >= 4 is 44.8 Å². The van der Waals surface area contributed by atoms with Crippen LogP contribution in [0.2, 0.25) is 5.15 Å². The van der Waals surface area contributed by atoms with Gasteiger partial charge in [0, 0.05) is 18.6 Å². The zero-order chi connectivity index (χ0) is 15.6. The smallest absolute Gasteiger partial charge is 0.258 e. The van der Waals surface area contributed by atoms with Crippen molar-refractivity contribution in [3.05, 3.63) is 51.5 Å². The van der Waals surface area contributed by atoms with Crippen LogP contribution in [0.1, 0.15) is 10.4 Å².